The number of carboxylic acid groups (broad SMARTS) is 1. The summed E-state index contributed by atoms with van der Waals surface area (Å²) in [4.78, 5) is 36.6. The summed E-state index contributed by atoms with van der Waals surface area (Å²) >= 11 is 0. The average Bonchev–Trinajstić information content (AvgIpc) is 2.72. The molecule has 0 bridgehead atoms. The summed E-state index contributed by atoms with van der Waals surface area (Å²) in [5.41, 5.74) is 0.0675. The van der Waals surface area contributed by atoms with E-state index in [1.54, 1.807) is 62.4 Å². The number of methoxy groups -OCH3 is 1. The molecule has 0 radical (unpaired) electrons. The van der Waals surface area contributed by atoms with E-state index < -0.39 is 29.2 Å². The van der Waals surface area contributed by atoms with Gasteiger partial charge in [-0.3, -0.25) is 14.4 Å². The highest BCUT2D eigenvalue weighted by Gasteiger charge is 2.28. The maximum atomic E-state index is 12.8. The van der Waals surface area contributed by atoms with Crippen LogP contribution in [-0.2, 0) is 9.59 Å². The number of rotatable bonds is 9. The molecular weight excluding hydrogens is 372 g/mol. The van der Waals surface area contributed by atoms with E-state index >= 15 is 0 Å². The normalized spacial score (nSPS) is 12.0. The number of hydrogen-bond acceptors (Lipinski definition) is 4. The van der Waals surface area contributed by atoms with Crippen LogP contribution in [0.4, 0.5) is 0 Å². The molecule has 154 valence electrons. The van der Waals surface area contributed by atoms with Crippen LogP contribution in [0.3, 0.4) is 0 Å². The van der Waals surface area contributed by atoms with Crippen molar-refractivity contribution in [1.82, 2.24) is 10.6 Å². The Morgan fingerprint density at radius 1 is 1.03 bits per heavy atom. The first-order valence-corrected chi connectivity index (χ1v) is 9.25. The maximum Gasteiger partial charge on any atom is 0.309 e. The summed E-state index contributed by atoms with van der Waals surface area (Å²) in [7, 11) is 1.54. The van der Waals surface area contributed by atoms with Crippen molar-refractivity contribution in [2.75, 3.05) is 13.7 Å². The highest BCUT2D eigenvalue weighted by atomic mass is 16.5. The molecule has 2 aromatic rings. The van der Waals surface area contributed by atoms with Gasteiger partial charge in [-0.15, -0.1) is 0 Å². The molecule has 0 aliphatic heterocycles. The van der Waals surface area contributed by atoms with E-state index in [1.165, 1.54) is 7.11 Å². The van der Waals surface area contributed by atoms with Crippen molar-refractivity contribution in [3.05, 3.63) is 65.7 Å². The SMILES string of the molecule is COc1ccc(C(=O)NC(C(=O)NCCC(C)(C)C(=O)O)c2ccccc2)cc1. The van der Waals surface area contributed by atoms with Crippen molar-refractivity contribution in [1.29, 1.82) is 0 Å². The predicted octanol–water partition coefficient (Wildman–Crippen LogP) is 2.78. The number of carbonyl (C=O) groups excluding carboxylic acids is 2. The quantitative estimate of drug-likeness (QED) is 0.602. The van der Waals surface area contributed by atoms with Gasteiger partial charge in [0, 0.05) is 12.1 Å². The molecule has 0 heterocycles. The zero-order chi connectivity index (χ0) is 21.4. The molecule has 2 rings (SSSR count). The van der Waals surface area contributed by atoms with Gasteiger partial charge < -0.3 is 20.5 Å². The van der Waals surface area contributed by atoms with Crippen molar-refractivity contribution in [3.63, 3.8) is 0 Å². The third kappa shape index (κ3) is 6.07. The van der Waals surface area contributed by atoms with Crippen molar-refractivity contribution in [3.8, 4) is 5.75 Å². The third-order valence-corrected chi connectivity index (χ3v) is 4.65. The Morgan fingerprint density at radius 2 is 1.66 bits per heavy atom. The number of amides is 2. The molecule has 1 unspecified atom stereocenters. The van der Waals surface area contributed by atoms with Gasteiger partial charge in [-0.25, -0.2) is 0 Å². The Labute approximate surface area is 170 Å². The lowest BCUT2D eigenvalue weighted by Gasteiger charge is -2.22. The maximum absolute atomic E-state index is 12.8. The standard InChI is InChI=1S/C22H26N2O5/c1-22(2,21(27)28)13-14-23-20(26)18(15-7-5-4-6-8-15)24-19(25)16-9-11-17(29-3)12-10-16/h4-12,18H,13-14H2,1-3H3,(H,23,26)(H,24,25)(H,27,28). The zero-order valence-electron chi connectivity index (χ0n) is 16.8. The average molecular weight is 398 g/mol. The summed E-state index contributed by atoms with van der Waals surface area (Å²) in [6.07, 6.45) is 0.266. The molecule has 3 N–H and O–H groups in total. The summed E-state index contributed by atoms with van der Waals surface area (Å²) < 4.78 is 5.09. The molecule has 0 spiro atoms. The lowest BCUT2D eigenvalue weighted by atomic mass is 9.89. The number of nitrogens with one attached hydrogen (secondary N) is 2. The van der Waals surface area contributed by atoms with Crippen LogP contribution in [0.2, 0.25) is 0 Å². The number of carboxylic acids is 1. The van der Waals surface area contributed by atoms with E-state index in [0.29, 0.717) is 16.9 Å². The smallest absolute Gasteiger partial charge is 0.309 e. The minimum atomic E-state index is -0.956. The Bertz CT molecular complexity index is 847. The Hall–Kier alpha value is -3.35. The molecular formula is C22H26N2O5. The van der Waals surface area contributed by atoms with E-state index in [4.69, 9.17) is 4.74 Å². The largest absolute Gasteiger partial charge is 0.497 e. The first-order valence-electron chi connectivity index (χ1n) is 9.25. The Morgan fingerprint density at radius 3 is 2.21 bits per heavy atom. The van der Waals surface area contributed by atoms with Crippen LogP contribution < -0.4 is 15.4 Å². The third-order valence-electron chi connectivity index (χ3n) is 4.65. The second-order valence-electron chi connectivity index (χ2n) is 7.28. The molecule has 2 aromatic carbocycles. The van der Waals surface area contributed by atoms with Gasteiger partial charge in [0.1, 0.15) is 11.8 Å². The van der Waals surface area contributed by atoms with Gasteiger partial charge in [-0.1, -0.05) is 30.3 Å². The van der Waals surface area contributed by atoms with E-state index in [1.807, 2.05) is 6.07 Å². The van der Waals surface area contributed by atoms with Crippen LogP contribution in [0.15, 0.2) is 54.6 Å². The molecule has 0 fully saturated rings. The summed E-state index contributed by atoms with van der Waals surface area (Å²) in [5.74, 6) is -1.11. The highest BCUT2D eigenvalue weighted by Crippen LogP contribution is 2.20. The van der Waals surface area contributed by atoms with Gasteiger partial charge in [-0.05, 0) is 50.1 Å². The lowest BCUT2D eigenvalue weighted by molar-refractivity contribution is -0.147. The van der Waals surface area contributed by atoms with Gasteiger partial charge >= 0.3 is 5.97 Å². The second kappa shape index (κ2) is 9.73. The topological polar surface area (TPSA) is 105 Å². The number of carbonyl (C=O) groups is 3. The second-order valence-corrected chi connectivity index (χ2v) is 7.28. The molecule has 0 saturated heterocycles. The number of ether oxygens (including phenoxy) is 1. The molecule has 0 aliphatic rings. The molecule has 0 aliphatic carbocycles. The molecule has 1 atom stereocenters. The van der Waals surface area contributed by atoms with Crippen molar-refractivity contribution < 1.29 is 24.2 Å². The van der Waals surface area contributed by atoms with Gasteiger partial charge in [0.2, 0.25) is 5.91 Å². The van der Waals surface area contributed by atoms with Crippen LogP contribution in [0, 0.1) is 5.41 Å². The van der Waals surface area contributed by atoms with Crippen LogP contribution in [-0.4, -0.2) is 36.5 Å². The van der Waals surface area contributed by atoms with Crippen LogP contribution in [0.1, 0.15) is 42.2 Å². The molecule has 7 nitrogen and oxygen atoms in total. The van der Waals surface area contributed by atoms with Crippen molar-refractivity contribution >= 4 is 17.8 Å². The van der Waals surface area contributed by atoms with Gasteiger partial charge in [0.25, 0.3) is 5.91 Å². The van der Waals surface area contributed by atoms with Crippen molar-refractivity contribution in [2.45, 2.75) is 26.3 Å². The fraction of sp³-hybridized carbons (Fsp3) is 0.318. The summed E-state index contributed by atoms with van der Waals surface area (Å²) in [6.45, 7) is 3.38. The van der Waals surface area contributed by atoms with Crippen LogP contribution in [0.5, 0.6) is 5.75 Å². The predicted molar refractivity (Wildman–Crippen MR) is 109 cm³/mol. The highest BCUT2D eigenvalue weighted by molar-refractivity contribution is 5.98. The minimum Gasteiger partial charge on any atom is -0.497 e. The Kier molecular flexibility index (Phi) is 7.36. The number of aliphatic carboxylic acids is 1. The van der Waals surface area contributed by atoms with Crippen LogP contribution in [0.25, 0.3) is 0 Å². The minimum absolute atomic E-state index is 0.180. The molecule has 0 saturated carbocycles. The van der Waals surface area contributed by atoms with E-state index in [-0.39, 0.29) is 13.0 Å². The summed E-state index contributed by atoms with van der Waals surface area (Å²) in [5, 5.41) is 14.7. The fourth-order valence-corrected chi connectivity index (χ4v) is 2.61. The zero-order valence-corrected chi connectivity index (χ0v) is 16.8. The first-order chi connectivity index (χ1) is 13.7. The van der Waals surface area contributed by atoms with Gasteiger partial charge in [0.05, 0.1) is 12.5 Å². The molecule has 29 heavy (non-hydrogen) atoms. The number of hydrogen-bond donors (Lipinski definition) is 3. The van der Waals surface area contributed by atoms with Crippen molar-refractivity contribution in [2.24, 2.45) is 5.41 Å². The van der Waals surface area contributed by atoms with Gasteiger partial charge in [0.15, 0.2) is 0 Å². The van der Waals surface area contributed by atoms with E-state index in [9.17, 15) is 19.5 Å². The first kappa shape index (κ1) is 21.9. The van der Waals surface area contributed by atoms with E-state index in [0.717, 1.165) is 0 Å². The fourth-order valence-electron chi connectivity index (χ4n) is 2.61. The monoisotopic (exact) mass is 398 g/mol. The number of benzene rings is 2. The Balaban J connectivity index is 2.11. The molecule has 2 amide bonds. The summed E-state index contributed by atoms with van der Waals surface area (Å²) in [6, 6.07) is 14.5. The van der Waals surface area contributed by atoms with Gasteiger partial charge in [-0.2, -0.15) is 0 Å². The van der Waals surface area contributed by atoms with Crippen LogP contribution >= 0.6 is 0 Å². The molecule has 0 aromatic heterocycles. The molecule has 7 heteroatoms. The van der Waals surface area contributed by atoms with E-state index in [2.05, 4.69) is 10.6 Å². The lowest BCUT2D eigenvalue weighted by Crippen LogP contribution is -2.41.